The summed E-state index contributed by atoms with van der Waals surface area (Å²) >= 11 is 0. The predicted octanol–water partition coefficient (Wildman–Crippen LogP) is 2.09. The topological polar surface area (TPSA) is 71.9 Å². The molecule has 1 aliphatic carbocycles. The number of H-pyrrole nitrogens is 1. The monoisotopic (exact) mass is 310 g/mol. The summed E-state index contributed by atoms with van der Waals surface area (Å²) in [7, 11) is 1.45. The van der Waals surface area contributed by atoms with E-state index in [1.807, 2.05) is 0 Å². The quantitative estimate of drug-likeness (QED) is 0.540. The second-order valence-corrected chi connectivity index (χ2v) is 5.67. The summed E-state index contributed by atoms with van der Waals surface area (Å²) in [6.45, 7) is 1.62. The van der Waals surface area contributed by atoms with E-state index in [2.05, 4.69) is 4.98 Å². The SMILES string of the molecule is Cc1cc(=O)n(C)c2c1C(=O)c1[nH]c3ccc(F)cc3c1C2=O. The van der Waals surface area contributed by atoms with Gasteiger partial charge in [0, 0.05) is 24.0 Å². The number of nitrogens with one attached hydrogen (secondary N) is 1. The molecule has 2 aromatic heterocycles. The molecule has 1 aromatic carbocycles. The molecule has 0 unspecified atom stereocenters. The number of rotatable bonds is 0. The number of ketones is 2. The van der Waals surface area contributed by atoms with Crippen LogP contribution in [0.15, 0.2) is 29.1 Å². The van der Waals surface area contributed by atoms with Crippen molar-refractivity contribution in [2.24, 2.45) is 7.05 Å². The zero-order chi connectivity index (χ0) is 16.5. The van der Waals surface area contributed by atoms with Crippen molar-refractivity contribution in [2.75, 3.05) is 0 Å². The minimum Gasteiger partial charge on any atom is -0.351 e. The van der Waals surface area contributed by atoms with Crippen LogP contribution in [0.5, 0.6) is 0 Å². The van der Waals surface area contributed by atoms with Crippen molar-refractivity contribution < 1.29 is 14.0 Å². The largest absolute Gasteiger partial charge is 0.351 e. The van der Waals surface area contributed by atoms with Crippen molar-refractivity contribution in [3.8, 4) is 0 Å². The van der Waals surface area contributed by atoms with Crippen LogP contribution in [0.3, 0.4) is 0 Å². The number of nitrogens with zero attached hydrogens (tertiary/aromatic N) is 1. The van der Waals surface area contributed by atoms with E-state index < -0.39 is 11.6 Å². The third-order valence-corrected chi connectivity index (χ3v) is 4.29. The summed E-state index contributed by atoms with van der Waals surface area (Å²) in [6, 6.07) is 5.29. The van der Waals surface area contributed by atoms with Gasteiger partial charge in [0.25, 0.3) is 5.56 Å². The van der Waals surface area contributed by atoms with Crippen LogP contribution in [0, 0.1) is 12.7 Å². The van der Waals surface area contributed by atoms with Crippen molar-refractivity contribution in [3.05, 3.63) is 68.5 Å². The van der Waals surface area contributed by atoms with E-state index in [0.29, 0.717) is 16.5 Å². The highest BCUT2D eigenvalue weighted by atomic mass is 19.1. The van der Waals surface area contributed by atoms with Crippen molar-refractivity contribution >= 4 is 22.5 Å². The number of hydrogen-bond donors (Lipinski definition) is 1. The number of aromatic nitrogens is 2. The average molecular weight is 310 g/mol. The minimum absolute atomic E-state index is 0.0534. The molecule has 23 heavy (non-hydrogen) atoms. The zero-order valence-corrected chi connectivity index (χ0v) is 12.4. The molecular weight excluding hydrogens is 299 g/mol. The summed E-state index contributed by atoms with van der Waals surface area (Å²) in [4.78, 5) is 40.6. The number of carbonyl (C=O) groups is 2. The van der Waals surface area contributed by atoms with Crippen LogP contribution in [0.2, 0.25) is 0 Å². The van der Waals surface area contributed by atoms with Gasteiger partial charge in [-0.05, 0) is 30.7 Å². The van der Waals surface area contributed by atoms with Gasteiger partial charge in [0.05, 0.1) is 16.8 Å². The number of aromatic amines is 1. The van der Waals surface area contributed by atoms with Crippen LogP contribution < -0.4 is 5.56 Å². The molecule has 0 bridgehead atoms. The lowest BCUT2D eigenvalue weighted by Crippen LogP contribution is -2.31. The second-order valence-electron chi connectivity index (χ2n) is 5.67. The number of carbonyl (C=O) groups excluding carboxylic acids is 2. The van der Waals surface area contributed by atoms with E-state index >= 15 is 0 Å². The van der Waals surface area contributed by atoms with Crippen LogP contribution in [0.4, 0.5) is 4.39 Å². The second kappa shape index (κ2) is 4.25. The van der Waals surface area contributed by atoms with Gasteiger partial charge >= 0.3 is 0 Å². The first kappa shape index (κ1) is 13.6. The minimum atomic E-state index is -0.497. The molecule has 0 saturated heterocycles. The third kappa shape index (κ3) is 1.63. The molecule has 1 aliphatic rings. The maximum Gasteiger partial charge on any atom is 0.251 e. The zero-order valence-electron chi connectivity index (χ0n) is 12.4. The molecule has 2 heterocycles. The summed E-state index contributed by atoms with van der Waals surface area (Å²) < 4.78 is 14.7. The maximum atomic E-state index is 13.5. The average Bonchev–Trinajstić information content (AvgIpc) is 2.87. The molecule has 0 amide bonds. The van der Waals surface area contributed by atoms with Crippen LogP contribution in [-0.4, -0.2) is 21.1 Å². The Hall–Kier alpha value is -3.02. The van der Waals surface area contributed by atoms with E-state index in [4.69, 9.17) is 0 Å². The van der Waals surface area contributed by atoms with Gasteiger partial charge < -0.3 is 9.55 Å². The molecule has 0 fully saturated rings. The number of aryl methyl sites for hydroxylation is 1. The van der Waals surface area contributed by atoms with Crippen molar-refractivity contribution in [3.63, 3.8) is 0 Å². The normalized spacial score (nSPS) is 13.3. The highest BCUT2D eigenvalue weighted by Gasteiger charge is 2.36. The summed E-state index contributed by atoms with van der Waals surface area (Å²) in [5.74, 6) is -1.31. The van der Waals surface area contributed by atoms with E-state index in [1.54, 1.807) is 6.92 Å². The maximum absolute atomic E-state index is 13.5. The van der Waals surface area contributed by atoms with Gasteiger partial charge in [0.2, 0.25) is 11.6 Å². The molecular formula is C17H11FN2O3. The van der Waals surface area contributed by atoms with Gasteiger partial charge in [-0.15, -0.1) is 0 Å². The van der Waals surface area contributed by atoms with Crippen LogP contribution in [0.1, 0.15) is 37.7 Å². The Kier molecular flexibility index (Phi) is 2.52. The molecule has 0 aliphatic heterocycles. The standard InChI is InChI=1S/C17H11FN2O3/c1-7-5-11(21)20(2)15-12(7)16(22)14-13(17(15)23)9-6-8(18)3-4-10(9)19-14/h3-6,19H,1-2H3. The number of fused-ring (bicyclic) bond motifs is 4. The Morgan fingerprint density at radius 1 is 1.04 bits per heavy atom. The van der Waals surface area contributed by atoms with E-state index in [1.165, 1.54) is 35.9 Å². The summed E-state index contributed by atoms with van der Waals surface area (Å²) in [6.07, 6.45) is 0. The number of benzene rings is 1. The van der Waals surface area contributed by atoms with Crippen LogP contribution in [-0.2, 0) is 7.05 Å². The van der Waals surface area contributed by atoms with Gasteiger partial charge in [0.1, 0.15) is 11.5 Å². The first-order chi connectivity index (χ1) is 10.9. The fourth-order valence-corrected chi connectivity index (χ4v) is 3.19. The Balaban J connectivity index is 2.17. The van der Waals surface area contributed by atoms with E-state index in [9.17, 15) is 18.8 Å². The highest BCUT2D eigenvalue weighted by Crippen LogP contribution is 2.33. The summed E-state index contributed by atoms with van der Waals surface area (Å²) in [5, 5.41) is 0.345. The van der Waals surface area contributed by atoms with Gasteiger partial charge in [-0.2, -0.15) is 0 Å². The number of halogens is 1. The fourth-order valence-electron chi connectivity index (χ4n) is 3.19. The first-order valence-electron chi connectivity index (χ1n) is 7.01. The molecule has 5 nitrogen and oxygen atoms in total. The molecule has 1 N–H and O–H groups in total. The van der Waals surface area contributed by atoms with Gasteiger partial charge in [-0.1, -0.05) is 0 Å². The number of pyridine rings is 1. The Morgan fingerprint density at radius 3 is 2.52 bits per heavy atom. The smallest absolute Gasteiger partial charge is 0.251 e. The highest BCUT2D eigenvalue weighted by molar-refractivity contribution is 6.31. The van der Waals surface area contributed by atoms with Crippen molar-refractivity contribution in [1.29, 1.82) is 0 Å². The third-order valence-electron chi connectivity index (χ3n) is 4.29. The number of hydrogen-bond acceptors (Lipinski definition) is 3. The molecule has 0 saturated carbocycles. The van der Waals surface area contributed by atoms with E-state index in [-0.39, 0.29) is 33.9 Å². The Bertz CT molecular complexity index is 1110. The summed E-state index contributed by atoms with van der Waals surface area (Å²) in [5.41, 5.74) is 1.14. The van der Waals surface area contributed by atoms with Gasteiger partial charge in [-0.25, -0.2) is 4.39 Å². The Labute approximate surface area is 129 Å². The van der Waals surface area contributed by atoms with Crippen molar-refractivity contribution in [1.82, 2.24) is 9.55 Å². The molecule has 0 radical (unpaired) electrons. The van der Waals surface area contributed by atoms with Gasteiger partial charge in [-0.3, -0.25) is 14.4 Å². The first-order valence-corrected chi connectivity index (χ1v) is 7.01. The molecule has 0 spiro atoms. The fraction of sp³-hybridized carbons (Fsp3) is 0.118. The predicted molar refractivity (Wildman–Crippen MR) is 81.5 cm³/mol. The van der Waals surface area contributed by atoms with Gasteiger partial charge in [0.15, 0.2) is 0 Å². The van der Waals surface area contributed by atoms with Crippen molar-refractivity contribution in [2.45, 2.75) is 6.92 Å². The van der Waals surface area contributed by atoms with E-state index in [0.717, 1.165) is 0 Å². The lowest BCUT2D eigenvalue weighted by Gasteiger charge is -2.19. The molecule has 3 aromatic rings. The molecule has 114 valence electrons. The lowest BCUT2D eigenvalue weighted by molar-refractivity contribution is 0.0970. The molecule has 4 rings (SSSR count). The molecule has 0 atom stereocenters. The van der Waals surface area contributed by atoms with Crippen LogP contribution in [0.25, 0.3) is 10.9 Å². The molecule has 6 heteroatoms. The lowest BCUT2D eigenvalue weighted by atomic mass is 9.87. The van der Waals surface area contributed by atoms with Crippen LogP contribution >= 0.6 is 0 Å². The Morgan fingerprint density at radius 2 is 1.78 bits per heavy atom.